The molecule has 2 aromatic carbocycles. The Labute approximate surface area is 230 Å². The molecule has 39 heavy (non-hydrogen) atoms. The number of aliphatic carboxylic acids is 1. The first kappa shape index (κ1) is 28.1. The molecule has 1 aliphatic heterocycles. The number of nitrogens with zero attached hydrogens (tertiary/aromatic N) is 2. The van der Waals surface area contributed by atoms with Gasteiger partial charge in [-0.3, -0.25) is 19.3 Å². The van der Waals surface area contributed by atoms with Gasteiger partial charge in [0, 0.05) is 54.1 Å². The number of thiophene rings is 1. The standard InChI is InChI=1S/C25H27N3O2S.C4H6O4/c29-25-9-7-19-6-8-20(18-22(19)26-25)30-16-2-1-11-27-12-14-28(15-13-27)23-4-3-5-24-21(23)10-17-31-24;5-3-8-2-1-4(6)7/h3-10,17-18H,1-2,11-16H2,(H,26,29);3H,1-2H2,(H,6,7). The second-order valence-corrected chi connectivity index (χ2v) is 10.1. The maximum Gasteiger partial charge on any atom is 0.306 e. The fourth-order valence-electron chi connectivity index (χ4n) is 4.51. The van der Waals surface area contributed by atoms with Crippen LogP contribution in [-0.2, 0) is 14.3 Å². The van der Waals surface area contributed by atoms with Crippen LogP contribution in [-0.4, -0.2) is 73.4 Å². The molecule has 0 atom stereocenters. The molecule has 1 fully saturated rings. The van der Waals surface area contributed by atoms with Crippen LogP contribution in [0.1, 0.15) is 19.3 Å². The third-order valence-corrected chi connectivity index (χ3v) is 7.40. The molecule has 3 heterocycles. The molecule has 2 aromatic heterocycles. The van der Waals surface area contributed by atoms with Gasteiger partial charge in [-0.05, 0) is 66.6 Å². The first-order valence-electron chi connectivity index (χ1n) is 13.0. The van der Waals surface area contributed by atoms with E-state index in [2.05, 4.69) is 49.2 Å². The highest BCUT2D eigenvalue weighted by atomic mass is 32.1. The number of hydrogen-bond donors (Lipinski definition) is 2. The van der Waals surface area contributed by atoms with Crippen molar-refractivity contribution in [2.24, 2.45) is 0 Å². The summed E-state index contributed by atoms with van der Waals surface area (Å²) in [7, 11) is 0. The Morgan fingerprint density at radius 1 is 1.03 bits per heavy atom. The highest BCUT2D eigenvalue weighted by molar-refractivity contribution is 7.17. The molecule has 10 heteroatoms. The van der Waals surface area contributed by atoms with Crippen molar-refractivity contribution < 1.29 is 24.2 Å². The van der Waals surface area contributed by atoms with E-state index in [0.717, 1.165) is 62.2 Å². The van der Waals surface area contributed by atoms with E-state index in [1.54, 1.807) is 6.07 Å². The summed E-state index contributed by atoms with van der Waals surface area (Å²) in [5, 5.41) is 12.5. The second kappa shape index (κ2) is 14.3. The Balaban J connectivity index is 0.000000386. The summed E-state index contributed by atoms with van der Waals surface area (Å²) in [6.07, 6.45) is 2.03. The van der Waals surface area contributed by atoms with E-state index >= 15 is 0 Å². The number of rotatable bonds is 11. The van der Waals surface area contributed by atoms with Crippen molar-refractivity contribution in [3.8, 4) is 5.75 Å². The van der Waals surface area contributed by atoms with Gasteiger partial charge in [-0.15, -0.1) is 11.3 Å². The van der Waals surface area contributed by atoms with Gasteiger partial charge >= 0.3 is 5.97 Å². The second-order valence-electron chi connectivity index (χ2n) is 9.18. The number of unbranched alkanes of at least 4 members (excludes halogenated alkanes) is 1. The molecule has 0 bridgehead atoms. The lowest BCUT2D eigenvalue weighted by molar-refractivity contribution is -0.139. The van der Waals surface area contributed by atoms with Gasteiger partial charge in [-0.1, -0.05) is 6.07 Å². The van der Waals surface area contributed by atoms with E-state index in [-0.39, 0.29) is 25.1 Å². The van der Waals surface area contributed by atoms with Crippen LogP contribution in [0.25, 0.3) is 21.0 Å². The van der Waals surface area contributed by atoms with Crippen molar-refractivity contribution in [1.82, 2.24) is 9.88 Å². The fraction of sp³-hybridized carbons (Fsp3) is 0.345. The van der Waals surface area contributed by atoms with Gasteiger partial charge in [0.1, 0.15) is 12.4 Å². The molecular formula is C29H33N3O6S. The van der Waals surface area contributed by atoms with Crippen molar-refractivity contribution in [3.63, 3.8) is 0 Å². The molecule has 0 unspecified atom stereocenters. The normalized spacial score (nSPS) is 13.6. The quantitative estimate of drug-likeness (QED) is 0.209. The summed E-state index contributed by atoms with van der Waals surface area (Å²) in [6.45, 7) is 6.38. The van der Waals surface area contributed by atoms with Gasteiger partial charge in [0.25, 0.3) is 6.47 Å². The van der Waals surface area contributed by atoms with Gasteiger partial charge in [0.15, 0.2) is 0 Å². The van der Waals surface area contributed by atoms with Crippen LogP contribution in [0.3, 0.4) is 0 Å². The topological polar surface area (TPSA) is 112 Å². The summed E-state index contributed by atoms with van der Waals surface area (Å²) in [4.78, 5) is 38.5. The molecule has 206 valence electrons. The number of carbonyl (C=O) groups is 2. The van der Waals surface area contributed by atoms with Crippen LogP contribution in [0.4, 0.5) is 5.69 Å². The number of H-pyrrole nitrogens is 1. The van der Waals surface area contributed by atoms with E-state index in [4.69, 9.17) is 9.84 Å². The van der Waals surface area contributed by atoms with Crippen molar-refractivity contribution in [3.05, 3.63) is 70.3 Å². The zero-order valence-electron chi connectivity index (χ0n) is 21.7. The van der Waals surface area contributed by atoms with Crippen LogP contribution < -0.4 is 15.2 Å². The molecule has 4 aromatic rings. The number of nitrogens with one attached hydrogen (secondary N) is 1. The van der Waals surface area contributed by atoms with E-state index < -0.39 is 5.97 Å². The van der Waals surface area contributed by atoms with Gasteiger partial charge < -0.3 is 24.5 Å². The van der Waals surface area contributed by atoms with Crippen molar-refractivity contribution in [2.75, 3.05) is 50.8 Å². The first-order valence-corrected chi connectivity index (χ1v) is 13.9. The number of aromatic nitrogens is 1. The van der Waals surface area contributed by atoms with Gasteiger partial charge in [-0.2, -0.15) is 0 Å². The third-order valence-electron chi connectivity index (χ3n) is 6.52. The lowest BCUT2D eigenvalue weighted by atomic mass is 10.2. The lowest BCUT2D eigenvalue weighted by Gasteiger charge is -2.36. The molecule has 5 rings (SSSR count). The molecule has 1 aliphatic rings. The number of piperazine rings is 1. The van der Waals surface area contributed by atoms with Crippen molar-refractivity contribution in [2.45, 2.75) is 19.3 Å². The number of hydrogen-bond acceptors (Lipinski definition) is 8. The molecule has 0 amide bonds. The number of ether oxygens (including phenoxy) is 2. The summed E-state index contributed by atoms with van der Waals surface area (Å²) in [5.74, 6) is -0.155. The Morgan fingerprint density at radius 2 is 1.85 bits per heavy atom. The summed E-state index contributed by atoms with van der Waals surface area (Å²) in [6, 6.07) is 18.1. The monoisotopic (exact) mass is 551 g/mol. The largest absolute Gasteiger partial charge is 0.494 e. The summed E-state index contributed by atoms with van der Waals surface area (Å²) in [5.41, 5.74) is 2.11. The minimum absolute atomic E-state index is 0.0428. The Kier molecular flexibility index (Phi) is 10.3. The SMILES string of the molecule is O=COCCC(=O)O.O=c1ccc2ccc(OCCCCN3CCN(c4cccc5sccc45)CC3)cc2[nH]1. The van der Waals surface area contributed by atoms with E-state index in [1.165, 1.54) is 15.8 Å². The summed E-state index contributed by atoms with van der Waals surface area (Å²) >= 11 is 1.82. The first-order chi connectivity index (χ1) is 19.0. The minimum atomic E-state index is -0.966. The van der Waals surface area contributed by atoms with Crippen LogP contribution >= 0.6 is 11.3 Å². The van der Waals surface area contributed by atoms with Crippen LogP contribution in [0, 0.1) is 0 Å². The predicted molar refractivity (Wildman–Crippen MR) is 154 cm³/mol. The zero-order chi connectivity index (χ0) is 27.5. The fourth-order valence-corrected chi connectivity index (χ4v) is 5.31. The number of pyridine rings is 1. The van der Waals surface area contributed by atoms with Gasteiger partial charge in [0.2, 0.25) is 5.56 Å². The van der Waals surface area contributed by atoms with Gasteiger partial charge in [-0.25, -0.2) is 0 Å². The van der Waals surface area contributed by atoms with E-state index in [0.29, 0.717) is 6.61 Å². The lowest BCUT2D eigenvalue weighted by Crippen LogP contribution is -2.46. The maximum atomic E-state index is 11.5. The molecule has 2 N–H and O–H groups in total. The molecule has 0 spiro atoms. The molecule has 0 radical (unpaired) electrons. The summed E-state index contributed by atoms with van der Waals surface area (Å²) < 4.78 is 11.4. The van der Waals surface area contributed by atoms with E-state index in [9.17, 15) is 14.4 Å². The number of aromatic amines is 1. The number of carboxylic acids is 1. The van der Waals surface area contributed by atoms with Crippen LogP contribution in [0.15, 0.2) is 64.8 Å². The highest BCUT2D eigenvalue weighted by Gasteiger charge is 2.18. The average molecular weight is 552 g/mol. The van der Waals surface area contributed by atoms with Crippen molar-refractivity contribution >= 4 is 50.5 Å². The number of anilines is 1. The molecule has 1 saturated heterocycles. The van der Waals surface area contributed by atoms with E-state index in [1.807, 2.05) is 35.6 Å². The maximum absolute atomic E-state index is 11.5. The smallest absolute Gasteiger partial charge is 0.306 e. The predicted octanol–water partition coefficient (Wildman–Crippen LogP) is 4.36. The van der Waals surface area contributed by atoms with Crippen LogP contribution in [0.5, 0.6) is 5.75 Å². The number of benzene rings is 2. The molecule has 9 nitrogen and oxygen atoms in total. The number of carboxylic acid groups (broad SMARTS) is 1. The van der Waals surface area contributed by atoms with Crippen LogP contribution in [0.2, 0.25) is 0 Å². The highest BCUT2D eigenvalue weighted by Crippen LogP contribution is 2.31. The molecule has 0 aliphatic carbocycles. The third kappa shape index (κ3) is 8.30. The average Bonchev–Trinajstić information content (AvgIpc) is 3.43. The molecule has 0 saturated carbocycles. The number of carbonyl (C=O) groups excluding carboxylic acids is 1. The Morgan fingerprint density at radius 3 is 2.64 bits per heavy atom. The van der Waals surface area contributed by atoms with Gasteiger partial charge in [0.05, 0.1) is 18.5 Å². The molecular weight excluding hydrogens is 518 g/mol. The zero-order valence-corrected chi connectivity index (χ0v) is 22.5. The Bertz CT molecular complexity index is 1430. The number of fused-ring (bicyclic) bond motifs is 2. The minimum Gasteiger partial charge on any atom is -0.494 e. The Hall–Kier alpha value is -3.89. The van der Waals surface area contributed by atoms with Crippen molar-refractivity contribution in [1.29, 1.82) is 0 Å².